The summed E-state index contributed by atoms with van der Waals surface area (Å²) in [6.45, 7) is 2.32. The molecule has 0 aliphatic heterocycles. The molecule has 0 aliphatic carbocycles. The van der Waals surface area contributed by atoms with E-state index in [0.717, 1.165) is 19.9 Å². The highest BCUT2D eigenvalue weighted by molar-refractivity contribution is 6.12. The molecule has 3 aromatic carbocycles. The van der Waals surface area contributed by atoms with Crippen molar-refractivity contribution in [2.45, 2.75) is 19.8 Å². The van der Waals surface area contributed by atoms with Gasteiger partial charge in [-0.15, -0.1) is 0 Å². The minimum Gasteiger partial charge on any atom is -0.495 e. The highest BCUT2D eigenvalue weighted by atomic mass is 16.6. The minimum atomic E-state index is -1.58. The average Bonchev–Trinajstić information content (AvgIpc) is 2.92. The number of carbonyl (C=O) groups is 4. The molecule has 2 atom stereocenters. The molecule has 0 fully saturated rings. The number of benzene rings is 3. The number of anilines is 2. The predicted octanol–water partition coefficient (Wildman–Crippen LogP) is 4.38. The first-order chi connectivity index (χ1) is 19.1. The molecule has 3 aromatic rings. The summed E-state index contributed by atoms with van der Waals surface area (Å²) in [6, 6.07) is 18.2. The first-order valence-electron chi connectivity index (χ1n) is 12.2. The van der Waals surface area contributed by atoms with Crippen LogP contribution >= 0.6 is 0 Å². The SMILES string of the molecule is COc1ccccc1NC(=O)[C@@H](C(C)=O)C(c1cccc([N+](=O)[O-])c1)[C@H](C(C)=O)C(=O)Nc1ccccc1OC. The van der Waals surface area contributed by atoms with Crippen LogP contribution in [0.4, 0.5) is 17.1 Å². The number of Topliss-reactive ketones (excluding diaryl/α,β-unsaturated/α-hetero) is 2. The molecule has 11 nitrogen and oxygen atoms in total. The van der Waals surface area contributed by atoms with Crippen molar-refractivity contribution in [3.63, 3.8) is 0 Å². The molecule has 2 amide bonds. The normalized spacial score (nSPS) is 12.1. The number of non-ortho nitro benzene ring substituents is 1. The van der Waals surface area contributed by atoms with Gasteiger partial charge in [0.05, 0.1) is 30.5 Å². The topological polar surface area (TPSA) is 154 Å². The third kappa shape index (κ3) is 6.68. The summed E-state index contributed by atoms with van der Waals surface area (Å²) in [5.74, 6) is -6.84. The molecule has 0 aromatic heterocycles. The zero-order chi connectivity index (χ0) is 29.4. The smallest absolute Gasteiger partial charge is 0.269 e. The quantitative estimate of drug-likeness (QED) is 0.192. The van der Waals surface area contributed by atoms with Gasteiger partial charge in [0.15, 0.2) is 0 Å². The van der Waals surface area contributed by atoms with Crippen LogP contribution in [0.2, 0.25) is 0 Å². The third-order valence-corrected chi connectivity index (χ3v) is 6.35. The molecule has 0 spiro atoms. The Bertz CT molecular complexity index is 1360. The van der Waals surface area contributed by atoms with Crippen molar-refractivity contribution >= 4 is 40.4 Å². The maximum atomic E-state index is 13.7. The van der Waals surface area contributed by atoms with Crippen molar-refractivity contribution in [3.8, 4) is 11.5 Å². The van der Waals surface area contributed by atoms with Crippen molar-refractivity contribution in [2.24, 2.45) is 11.8 Å². The van der Waals surface area contributed by atoms with E-state index in [-0.39, 0.29) is 22.6 Å². The Labute approximate surface area is 230 Å². The molecular weight excluding hydrogens is 518 g/mol. The Morgan fingerprint density at radius 2 is 1.18 bits per heavy atom. The second-order valence-electron chi connectivity index (χ2n) is 8.93. The fraction of sp³-hybridized carbons (Fsp3) is 0.241. The predicted molar refractivity (Wildman–Crippen MR) is 147 cm³/mol. The van der Waals surface area contributed by atoms with Crippen LogP contribution in [0.15, 0.2) is 72.8 Å². The summed E-state index contributed by atoms with van der Waals surface area (Å²) in [5.41, 5.74) is 0.288. The molecule has 0 bridgehead atoms. The van der Waals surface area contributed by atoms with Crippen molar-refractivity contribution in [2.75, 3.05) is 24.9 Å². The number of nitrogens with zero attached hydrogens (tertiary/aromatic N) is 1. The van der Waals surface area contributed by atoms with Gasteiger partial charge in [-0.3, -0.25) is 29.3 Å². The summed E-state index contributed by atoms with van der Waals surface area (Å²) in [5, 5.41) is 16.9. The van der Waals surface area contributed by atoms with Gasteiger partial charge in [-0.1, -0.05) is 36.4 Å². The van der Waals surface area contributed by atoms with Crippen molar-refractivity contribution in [1.29, 1.82) is 0 Å². The van der Waals surface area contributed by atoms with Gasteiger partial charge in [0, 0.05) is 18.1 Å². The lowest BCUT2D eigenvalue weighted by molar-refractivity contribution is -0.384. The highest BCUT2D eigenvalue weighted by Gasteiger charge is 2.44. The Morgan fingerprint density at radius 1 is 0.725 bits per heavy atom. The van der Waals surface area contributed by atoms with Crippen LogP contribution < -0.4 is 20.1 Å². The van der Waals surface area contributed by atoms with Gasteiger partial charge in [-0.05, 0) is 43.7 Å². The van der Waals surface area contributed by atoms with Gasteiger partial charge in [0.25, 0.3) is 5.69 Å². The first-order valence-corrected chi connectivity index (χ1v) is 12.2. The molecule has 3 rings (SSSR count). The molecule has 11 heteroatoms. The van der Waals surface area contributed by atoms with E-state index < -0.39 is 46.1 Å². The van der Waals surface area contributed by atoms with E-state index in [2.05, 4.69) is 10.6 Å². The van der Waals surface area contributed by atoms with Gasteiger partial charge in [-0.2, -0.15) is 0 Å². The number of hydrogen-bond donors (Lipinski definition) is 2. The minimum absolute atomic E-state index is 0.0972. The van der Waals surface area contributed by atoms with E-state index >= 15 is 0 Å². The number of amides is 2. The fourth-order valence-corrected chi connectivity index (χ4v) is 4.54. The summed E-state index contributed by atoms with van der Waals surface area (Å²) >= 11 is 0. The molecule has 0 heterocycles. The second kappa shape index (κ2) is 13.1. The van der Waals surface area contributed by atoms with Crippen LogP contribution in [0.3, 0.4) is 0 Å². The summed E-state index contributed by atoms with van der Waals surface area (Å²) in [6.07, 6.45) is 0. The molecule has 0 saturated carbocycles. The van der Waals surface area contributed by atoms with E-state index in [1.54, 1.807) is 48.5 Å². The second-order valence-corrected chi connectivity index (χ2v) is 8.93. The lowest BCUT2D eigenvalue weighted by Crippen LogP contribution is -2.43. The van der Waals surface area contributed by atoms with E-state index in [0.29, 0.717) is 11.5 Å². The number of ether oxygens (including phenoxy) is 2. The molecule has 40 heavy (non-hydrogen) atoms. The zero-order valence-electron chi connectivity index (χ0n) is 22.4. The first kappa shape index (κ1) is 29.5. The molecule has 0 radical (unpaired) electrons. The molecule has 0 aliphatic rings. The lowest BCUT2D eigenvalue weighted by atomic mass is 9.72. The number of nitro benzene ring substituents is 1. The number of ketones is 2. The zero-order valence-corrected chi connectivity index (χ0v) is 22.4. The summed E-state index contributed by atoms with van der Waals surface area (Å²) < 4.78 is 10.6. The monoisotopic (exact) mass is 547 g/mol. The van der Waals surface area contributed by atoms with Gasteiger partial charge in [0.2, 0.25) is 11.8 Å². The van der Waals surface area contributed by atoms with E-state index in [4.69, 9.17) is 9.47 Å². The Morgan fingerprint density at radius 3 is 1.57 bits per heavy atom. The van der Waals surface area contributed by atoms with Crippen LogP contribution in [0.1, 0.15) is 25.3 Å². The number of carbonyl (C=O) groups excluding carboxylic acids is 4. The van der Waals surface area contributed by atoms with E-state index in [9.17, 15) is 29.3 Å². The molecule has 2 N–H and O–H groups in total. The number of nitro groups is 1. The van der Waals surface area contributed by atoms with Crippen LogP contribution in [0, 0.1) is 22.0 Å². The number of methoxy groups -OCH3 is 2. The van der Waals surface area contributed by atoms with E-state index in [1.807, 2.05) is 0 Å². The van der Waals surface area contributed by atoms with Gasteiger partial charge >= 0.3 is 0 Å². The third-order valence-electron chi connectivity index (χ3n) is 6.35. The largest absolute Gasteiger partial charge is 0.495 e. The van der Waals surface area contributed by atoms with Gasteiger partial charge < -0.3 is 20.1 Å². The highest BCUT2D eigenvalue weighted by Crippen LogP contribution is 2.38. The Hall–Kier alpha value is -5.06. The fourth-order valence-electron chi connectivity index (χ4n) is 4.54. The molecular formula is C29H29N3O8. The van der Waals surface area contributed by atoms with Gasteiger partial charge in [0.1, 0.15) is 34.9 Å². The lowest BCUT2D eigenvalue weighted by Gasteiger charge is -2.30. The summed E-state index contributed by atoms with van der Waals surface area (Å²) in [4.78, 5) is 64.4. The molecule has 0 unspecified atom stereocenters. The van der Waals surface area contributed by atoms with E-state index in [1.165, 1.54) is 32.4 Å². The molecule has 208 valence electrons. The number of hydrogen-bond acceptors (Lipinski definition) is 8. The number of rotatable bonds is 12. The standard InChI is InChI=1S/C29H29N3O8/c1-17(33)25(28(35)30-21-12-5-7-14-23(21)39-3)27(19-10-9-11-20(16-19)32(37)38)26(18(2)34)29(36)31-22-13-6-8-15-24(22)40-4/h5-16,25-27H,1-4H3,(H,30,35)(H,31,36)/t25-,26-/m0/s1. The maximum absolute atomic E-state index is 13.7. The van der Waals surface area contributed by atoms with Crippen molar-refractivity contribution in [1.82, 2.24) is 0 Å². The Kier molecular flexibility index (Phi) is 9.69. The van der Waals surface area contributed by atoms with Crippen LogP contribution in [-0.2, 0) is 19.2 Å². The van der Waals surface area contributed by atoms with Crippen molar-refractivity contribution in [3.05, 3.63) is 88.5 Å². The number of nitrogens with one attached hydrogen (secondary N) is 2. The summed E-state index contributed by atoms with van der Waals surface area (Å²) in [7, 11) is 2.82. The van der Waals surface area contributed by atoms with Crippen LogP contribution in [-0.4, -0.2) is 42.5 Å². The average molecular weight is 548 g/mol. The van der Waals surface area contributed by atoms with Crippen LogP contribution in [0.5, 0.6) is 11.5 Å². The molecule has 0 saturated heterocycles. The maximum Gasteiger partial charge on any atom is 0.269 e. The van der Waals surface area contributed by atoms with Gasteiger partial charge in [-0.25, -0.2) is 0 Å². The van der Waals surface area contributed by atoms with Crippen molar-refractivity contribution < 1.29 is 33.6 Å². The Balaban J connectivity index is 2.16. The van der Waals surface area contributed by atoms with Crippen LogP contribution in [0.25, 0.3) is 0 Å². The number of para-hydroxylation sites is 4.